The highest BCUT2D eigenvalue weighted by atomic mass is 16.1. The summed E-state index contributed by atoms with van der Waals surface area (Å²) in [5, 5.41) is 0. The Morgan fingerprint density at radius 3 is 1.93 bits per heavy atom. The van der Waals surface area contributed by atoms with E-state index in [0.29, 0.717) is 11.3 Å². The Morgan fingerprint density at radius 1 is 1.00 bits per heavy atom. The van der Waals surface area contributed by atoms with Gasteiger partial charge in [0.15, 0.2) is 0 Å². The molecule has 0 saturated heterocycles. The van der Waals surface area contributed by atoms with Crippen molar-refractivity contribution in [1.82, 2.24) is 0 Å². The Morgan fingerprint density at radius 2 is 1.50 bits per heavy atom. The lowest BCUT2D eigenvalue weighted by Crippen LogP contribution is -2.24. The van der Waals surface area contributed by atoms with E-state index in [2.05, 4.69) is 0 Å². The van der Waals surface area contributed by atoms with E-state index in [1.165, 1.54) is 57.7 Å². The maximum atomic E-state index is 10.6. The summed E-state index contributed by atoms with van der Waals surface area (Å²) in [6.07, 6.45) is 11.9. The molecule has 0 aliphatic heterocycles. The molecule has 0 radical (unpaired) electrons. The molecule has 0 aromatic rings. The lowest BCUT2D eigenvalue weighted by molar-refractivity contribution is -0.112. The van der Waals surface area contributed by atoms with Crippen LogP contribution in [0.2, 0.25) is 0 Å². The predicted molar refractivity (Wildman–Crippen MR) is 60.3 cm³/mol. The van der Waals surface area contributed by atoms with Gasteiger partial charge in [-0.25, -0.2) is 0 Å². The van der Waals surface area contributed by atoms with Gasteiger partial charge in [-0.05, 0) is 43.9 Å². The number of aldehydes is 1. The molecule has 1 spiro atoms. The van der Waals surface area contributed by atoms with Crippen molar-refractivity contribution in [3.8, 4) is 0 Å². The van der Waals surface area contributed by atoms with Crippen LogP contribution < -0.4 is 0 Å². The second kappa shape index (κ2) is 5.53. The SMILES string of the molecule is CC.O=CC1CCC2(CCCC2)CC1. The zero-order valence-corrected chi connectivity index (χ0v) is 9.72. The summed E-state index contributed by atoms with van der Waals surface area (Å²) in [4.78, 5) is 10.6. The molecule has 1 heteroatoms. The molecular weight excluding hydrogens is 172 g/mol. The zero-order chi connectivity index (χ0) is 10.4. The second-order valence-electron chi connectivity index (χ2n) is 4.68. The van der Waals surface area contributed by atoms with Crippen molar-refractivity contribution < 1.29 is 4.79 Å². The van der Waals surface area contributed by atoms with E-state index in [9.17, 15) is 4.79 Å². The van der Waals surface area contributed by atoms with Crippen LogP contribution in [-0.2, 0) is 4.79 Å². The molecule has 14 heavy (non-hydrogen) atoms. The summed E-state index contributed by atoms with van der Waals surface area (Å²) >= 11 is 0. The molecule has 2 rings (SSSR count). The highest BCUT2D eigenvalue weighted by Gasteiger charge is 2.37. The van der Waals surface area contributed by atoms with Gasteiger partial charge >= 0.3 is 0 Å². The first-order valence-corrected chi connectivity index (χ1v) is 6.30. The fourth-order valence-corrected chi connectivity index (χ4v) is 3.01. The van der Waals surface area contributed by atoms with Crippen LogP contribution in [0.1, 0.15) is 65.2 Å². The minimum absolute atomic E-state index is 0.399. The van der Waals surface area contributed by atoms with Crippen LogP contribution in [0.5, 0.6) is 0 Å². The lowest BCUT2D eigenvalue weighted by Gasteiger charge is -2.35. The third kappa shape index (κ3) is 2.59. The first-order valence-electron chi connectivity index (χ1n) is 6.30. The van der Waals surface area contributed by atoms with Crippen molar-refractivity contribution in [3.05, 3.63) is 0 Å². The fourth-order valence-electron chi connectivity index (χ4n) is 3.01. The van der Waals surface area contributed by atoms with E-state index in [1.54, 1.807) is 0 Å². The monoisotopic (exact) mass is 196 g/mol. The molecule has 0 bridgehead atoms. The van der Waals surface area contributed by atoms with Crippen LogP contribution in [-0.4, -0.2) is 6.29 Å². The molecule has 82 valence electrons. The molecule has 2 aliphatic carbocycles. The van der Waals surface area contributed by atoms with Gasteiger partial charge < -0.3 is 4.79 Å². The summed E-state index contributed by atoms with van der Waals surface area (Å²) in [7, 11) is 0. The molecule has 1 nitrogen and oxygen atoms in total. The lowest BCUT2D eigenvalue weighted by atomic mass is 9.70. The summed E-state index contributed by atoms with van der Waals surface area (Å²) < 4.78 is 0. The van der Waals surface area contributed by atoms with E-state index < -0.39 is 0 Å². The molecule has 2 fully saturated rings. The third-order valence-corrected chi connectivity index (χ3v) is 3.95. The largest absolute Gasteiger partial charge is 0.303 e. The van der Waals surface area contributed by atoms with Gasteiger partial charge in [0.05, 0.1) is 0 Å². The van der Waals surface area contributed by atoms with Gasteiger partial charge in [-0.3, -0.25) is 0 Å². The van der Waals surface area contributed by atoms with Crippen LogP contribution >= 0.6 is 0 Å². The highest BCUT2D eigenvalue weighted by Crippen LogP contribution is 2.49. The van der Waals surface area contributed by atoms with Crippen molar-refractivity contribution in [2.45, 2.75) is 65.2 Å². The van der Waals surface area contributed by atoms with Crippen molar-refractivity contribution in [1.29, 1.82) is 0 Å². The van der Waals surface area contributed by atoms with Crippen LogP contribution in [0.3, 0.4) is 0 Å². The average molecular weight is 196 g/mol. The second-order valence-corrected chi connectivity index (χ2v) is 4.68. The quantitative estimate of drug-likeness (QED) is 0.580. The normalized spacial score (nSPS) is 25.6. The molecule has 0 heterocycles. The van der Waals surface area contributed by atoms with Gasteiger partial charge in [0.1, 0.15) is 6.29 Å². The van der Waals surface area contributed by atoms with Crippen molar-refractivity contribution in [2.24, 2.45) is 11.3 Å². The van der Waals surface area contributed by atoms with Gasteiger partial charge in [0.2, 0.25) is 0 Å². The number of hydrogen-bond acceptors (Lipinski definition) is 1. The zero-order valence-electron chi connectivity index (χ0n) is 9.72. The van der Waals surface area contributed by atoms with E-state index >= 15 is 0 Å². The van der Waals surface area contributed by atoms with Crippen LogP contribution in [0.25, 0.3) is 0 Å². The molecule has 0 N–H and O–H groups in total. The Kier molecular flexibility index (Phi) is 4.64. The van der Waals surface area contributed by atoms with E-state index in [0.717, 1.165) is 0 Å². The number of carbonyl (C=O) groups is 1. The first kappa shape index (κ1) is 11.7. The smallest absolute Gasteiger partial charge is 0.123 e. The minimum Gasteiger partial charge on any atom is -0.303 e. The van der Waals surface area contributed by atoms with Gasteiger partial charge in [-0.15, -0.1) is 0 Å². The standard InChI is InChI=1S/C11H18O.C2H6/c12-9-10-3-7-11(8-4-10)5-1-2-6-11;1-2/h9-10H,1-8H2;1-2H3. The van der Waals surface area contributed by atoms with Gasteiger partial charge in [-0.2, -0.15) is 0 Å². The van der Waals surface area contributed by atoms with E-state index in [1.807, 2.05) is 13.8 Å². The predicted octanol–water partition coefficient (Wildman–Crippen LogP) is 3.96. The molecule has 0 unspecified atom stereocenters. The summed E-state index contributed by atoms with van der Waals surface area (Å²) in [5.74, 6) is 0.399. The molecule has 2 aliphatic rings. The van der Waals surface area contributed by atoms with Crippen LogP contribution in [0.15, 0.2) is 0 Å². The summed E-state index contributed by atoms with van der Waals surface area (Å²) in [6, 6.07) is 0. The van der Waals surface area contributed by atoms with Gasteiger partial charge in [0.25, 0.3) is 0 Å². The maximum absolute atomic E-state index is 10.6. The Labute approximate surface area is 88.3 Å². The van der Waals surface area contributed by atoms with E-state index in [-0.39, 0.29) is 0 Å². The Hall–Kier alpha value is -0.330. The van der Waals surface area contributed by atoms with Gasteiger partial charge in [-0.1, -0.05) is 26.7 Å². The molecular formula is C13H24O. The molecule has 0 atom stereocenters. The van der Waals surface area contributed by atoms with Crippen molar-refractivity contribution >= 4 is 6.29 Å². The summed E-state index contributed by atoms with van der Waals surface area (Å²) in [6.45, 7) is 4.00. The number of carbonyl (C=O) groups excluding carboxylic acids is 1. The summed E-state index contributed by atoms with van der Waals surface area (Å²) in [5.41, 5.74) is 0.694. The third-order valence-electron chi connectivity index (χ3n) is 3.95. The number of rotatable bonds is 1. The minimum atomic E-state index is 0.399. The molecule has 2 saturated carbocycles. The molecule has 0 aromatic carbocycles. The van der Waals surface area contributed by atoms with E-state index in [4.69, 9.17) is 0 Å². The molecule has 0 aromatic heterocycles. The topological polar surface area (TPSA) is 17.1 Å². The Balaban J connectivity index is 0.000000461. The highest BCUT2D eigenvalue weighted by molar-refractivity contribution is 5.53. The number of hydrogen-bond donors (Lipinski definition) is 0. The first-order chi connectivity index (χ1) is 6.85. The maximum Gasteiger partial charge on any atom is 0.123 e. The van der Waals surface area contributed by atoms with Crippen molar-refractivity contribution in [2.75, 3.05) is 0 Å². The van der Waals surface area contributed by atoms with Crippen LogP contribution in [0.4, 0.5) is 0 Å². The average Bonchev–Trinajstić information content (AvgIpc) is 2.71. The molecule has 0 amide bonds. The van der Waals surface area contributed by atoms with Gasteiger partial charge in [0, 0.05) is 5.92 Å². The van der Waals surface area contributed by atoms with Crippen LogP contribution in [0, 0.1) is 11.3 Å². The fraction of sp³-hybridized carbons (Fsp3) is 0.923. The van der Waals surface area contributed by atoms with Crippen molar-refractivity contribution in [3.63, 3.8) is 0 Å². The Bertz CT molecular complexity index is 158.